The number of nitrogens with one attached hydrogen (secondary N) is 1. The molecule has 2 fully saturated rings. The van der Waals surface area contributed by atoms with Crippen molar-refractivity contribution in [2.24, 2.45) is 5.92 Å². The van der Waals surface area contributed by atoms with E-state index in [1.807, 2.05) is 0 Å². The molecule has 2 saturated heterocycles. The summed E-state index contributed by atoms with van der Waals surface area (Å²) in [6.07, 6.45) is 2.34. The number of morpholine rings is 1. The van der Waals surface area contributed by atoms with Gasteiger partial charge in [-0.25, -0.2) is 0 Å². The Morgan fingerprint density at radius 1 is 1.13 bits per heavy atom. The molecule has 23 heavy (non-hydrogen) atoms. The van der Waals surface area contributed by atoms with Crippen molar-refractivity contribution in [3.63, 3.8) is 0 Å². The van der Waals surface area contributed by atoms with Gasteiger partial charge in [-0.05, 0) is 30.4 Å². The van der Waals surface area contributed by atoms with E-state index in [9.17, 15) is 0 Å². The second-order valence-corrected chi connectivity index (χ2v) is 6.62. The zero-order chi connectivity index (χ0) is 16.1. The molecule has 0 bridgehead atoms. The maximum absolute atomic E-state index is 6.07. The van der Waals surface area contributed by atoms with Crippen molar-refractivity contribution in [1.82, 2.24) is 19.9 Å². The fourth-order valence-corrected chi connectivity index (χ4v) is 3.07. The molecule has 7 nitrogen and oxygen atoms in total. The molecule has 0 aromatic carbocycles. The predicted octanol–water partition coefficient (Wildman–Crippen LogP) is 1.51. The third-order valence-electron chi connectivity index (χ3n) is 4.48. The largest absolute Gasteiger partial charge is 0.379 e. The van der Waals surface area contributed by atoms with Gasteiger partial charge in [0.25, 0.3) is 0 Å². The van der Waals surface area contributed by atoms with Crippen molar-refractivity contribution in [2.45, 2.75) is 19.8 Å². The molecule has 0 radical (unpaired) electrons. The van der Waals surface area contributed by atoms with Crippen molar-refractivity contribution in [3.8, 4) is 0 Å². The molecule has 1 aromatic rings. The number of hydrogen-bond donors (Lipinski definition) is 1. The summed E-state index contributed by atoms with van der Waals surface area (Å²) in [4.78, 5) is 17.6. The van der Waals surface area contributed by atoms with Crippen LogP contribution in [-0.4, -0.2) is 72.3 Å². The Morgan fingerprint density at radius 2 is 1.87 bits per heavy atom. The molecular formula is C15H25ClN6O. The molecule has 0 aliphatic carbocycles. The summed E-state index contributed by atoms with van der Waals surface area (Å²) in [5.74, 6) is 2.02. The Labute approximate surface area is 142 Å². The lowest BCUT2D eigenvalue weighted by atomic mass is 10.00. The van der Waals surface area contributed by atoms with E-state index < -0.39 is 0 Å². The third-order valence-corrected chi connectivity index (χ3v) is 4.65. The lowest BCUT2D eigenvalue weighted by Crippen LogP contribution is -2.39. The minimum absolute atomic E-state index is 0.252. The summed E-state index contributed by atoms with van der Waals surface area (Å²) in [5.41, 5.74) is 0. The van der Waals surface area contributed by atoms with E-state index in [2.05, 4.69) is 37.0 Å². The van der Waals surface area contributed by atoms with Gasteiger partial charge in [0.05, 0.1) is 13.2 Å². The summed E-state index contributed by atoms with van der Waals surface area (Å²) in [6.45, 7) is 9.58. The molecule has 128 valence electrons. The van der Waals surface area contributed by atoms with Crippen molar-refractivity contribution in [1.29, 1.82) is 0 Å². The molecule has 0 spiro atoms. The van der Waals surface area contributed by atoms with Crippen LogP contribution in [0.4, 0.5) is 11.9 Å². The van der Waals surface area contributed by atoms with E-state index in [0.717, 1.165) is 58.4 Å². The van der Waals surface area contributed by atoms with Gasteiger partial charge in [0.15, 0.2) is 0 Å². The first-order chi connectivity index (χ1) is 11.2. The zero-order valence-corrected chi connectivity index (χ0v) is 14.4. The standard InChI is InChI=1S/C15H25ClN6O/c1-12-2-5-22(6-3-12)15-19-13(16)18-14(20-15)17-4-7-21-8-10-23-11-9-21/h12H,2-11H2,1H3,(H,17,18,19,20). The van der Waals surface area contributed by atoms with Crippen LogP contribution in [0.25, 0.3) is 0 Å². The number of halogens is 1. The molecule has 8 heteroatoms. The van der Waals surface area contributed by atoms with Crippen LogP contribution in [0.15, 0.2) is 0 Å². The van der Waals surface area contributed by atoms with Gasteiger partial charge in [-0.2, -0.15) is 15.0 Å². The van der Waals surface area contributed by atoms with Crippen LogP contribution < -0.4 is 10.2 Å². The second-order valence-electron chi connectivity index (χ2n) is 6.28. The minimum atomic E-state index is 0.252. The van der Waals surface area contributed by atoms with Crippen LogP contribution in [0.2, 0.25) is 5.28 Å². The Morgan fingerprint density at radius 3 is 2.61 bits per heavy atom. The van der Waals surface area contributed by atoms with Gasteiger partial charge >= 0.3 is 0 Å². The van der Waals surface area contributed by atoms with Crippen LogP contribution in [0, 0.1) is 5.92 Å². The first kappa shape index (κ1) is 16.7. The van der Waals surface area contributed by atoms with Gasteiger partial charge in [0, 0.05) is 39.3 Å². The number of ether oxygens (including phenoxy) is 1. The van der Waals surface area contributed by atoms with E-state index in [1.54, 1.807) is 0 Å². The van der Waals surface area contributed by atoms with Crippen molar-refractivity contribution >= 4 is 23.5 Å². The quantitative estimate of drug-likeness (QED) is 0.871. The zero-order valence-electron chi connectivity index (χ0n) is 13.7. The van der Waals surface area contributed by atoms with Gasteiger partial charge in [0.2, 0.25) is 17.2 Å². The second kappa shape index (κ2) is 8.08. The van der Waals surface area contributed by atoms with Crippen LogP contribution in [-0.2, 0) is 4.74 Å². The summed E-state index contributed by atoms with van der Waals surface area (Å²) in [5, 5.41) is 3.52. The Balaban J connectivity index is 1.54. The molecule has 2 aliphatic heterocycles. The summed E-state index contributed by atoms with van der Waals surface area (Å²) < 4.78 is 5.35. The van der Waals surface area contributed by atoms with E-state index in [-0.39, 0.29) is 5.28 Å². The van der Waals surface area contributed by atoms with Gasteiger partial charge < -0.3 is 15.0 Å². The minimum Gasteiger partial charge on any atom is -0.379 e. The van der Waals surface area contributed by atoms with Gasteiger partial charge in [-0.3, -0.25) is 4.90 Å². The number of nitrogens with zero attached hydrogens (tertiary/aromatic N) is 5. The molecule has 0 saturated carbocycles. The van der Waals surface area contributed by atoms with Crippen molar-refractivity contribution in [3.05, 3.63) is 5.28 Å². The van der Waals surface area contributed by atoms with Crippen LogP contribution in [0.1, 0.15) is 19.8 Å². The molecular weight excluding hydrogens is 316 g/mol. The average Bonchev–Trinajstić information content (AvgIpc) is 2.56. The highest BCUT2D eigenvalue weighted by atomic mass is 35.5. The lowest BCUT2D eigenvalue weighted by Gasteiger charge is -2.30. The molecule has 1 N–H and O–H groups in total. The fraction of sp³-hybridized carbons (Fsp3) is 0.800. The molecule has 1 aromatic heterocycles. The molecule has 3 heterocycles. The Kier molecular flexibility index (Phi) is 5.85. The third kappa shape index (κ3) is 4.89. The van der Waals surface area contributed by atoms with E-state index in [1.165, 1.54) is 12.8 Å². The highest BCUT2D eigenvalue weighted by Crippen LogP contribution is 2.21. The summed E-state index contributed by atoms with van der Waals surface area (Å²) in [6, 6.07) is 0. The van der Waals surface area contributed by atoms with Crippen LogP contribution >= 0.6 is 11.6 Å². The van der Waals surface area contributed by atoms with E-state index >= 15 is 0 Å². The highest BCUT2D eigenvalue weighted by Gasteiger charge is 2.19. The summed E-state index contributed by atoms with van der Waals surface area (Å²) >= 11 is 6.07. The topological polar surface area (TPSA) is 66.4 Å². The predicted molar refractivity (Wildman–Crippen MR) is 91.2 cm³/mol. The highest BCUT2D eigenvalue weighted by molar-refractivity contribution is 6.28. The van der Waals surface area contributed by atoms with Crippen LogP contribution in [0.5, 0.6) is 0 Å². The van der Waals surface area contributed by atoms with Crippen LogP contribution in [0.3, 0.4) is 0 Å². The molecule has 0 amide bonds. The molecule has 0 unspecified atom stereocenters. The average molecular weight is 341 g/mol. The number of rotatable bonds is 5. The van der Waals surface area contributed by atoms with Gasteiger partial charge in [0.1, 0.15) is 0 Å². The maximum atomic E-state index is 6.07. The smallest absolute Gasteiger partial charge is 0.231 e. The van der Waals surface area contributed by atoms with E-state index in [4.69, 9.17) is 16.3 Å². The van der Waals surface area contributed by atoms with Gasteiger partial charge in [-0.1, -0.05) is 6.92 Å². The molecule has 3 rings (SSSR count). The number of aromatic nitrogens is 3. The van der Waals surface area contributed by atoms with E-state index in [0.29, 0.717) is 11.9 Å². The Bertz CT molecular complexity index is 503. The van der Waals surface area contributed by atoms with Gasteiger partial charge in [-0.15, -0.1) is 0 Å². The number of hydrogen-bond acceptors (Lipinski definition) is 7. The number of piperidine rings is 1. The Hall–Kier alpha value is -1.18. The van der Waals surface area contributed by atoms with Crippen molar-refractivity contribution in [2.75, 3.05) is 62.7 Å². The van der Waals surface area contributed by atoms with Crippen molar-refractivity contribution < 1.29 is 4.74 Å². The summed E-state index contributed by atoms with van der Waals surface area (Å²) in [7, 11) is 0. The maximum Gasteiger partial charge on any atom is 0.231 e. The first-order valence-corrected chi connectivity index (χ1v) is 8.79. The molecule has 2 aliphatic rings. The number of anilines is 2. The monoisotopic (exact) mass is 340 g/mol. The molecule has 0 atom stereocenters. The normalized spacial score (nSPS) is 20.7. The fourth-order valence-electron chi connectivity index (χ4n) is 2.92. The SMILES string of the molecule is CC1CCN(c2nc(Cl)nc(NCCN3CCOCC3)n2)CC1. The first-order valence-electron chi connectivity index (χ1n) is 8.41. The lowest BCUT2D eigenvalue weighted by molar-refractivity contribution is 0.0398.